The van der Waals surface area contributed by atoms with Crippen LogP contribution >= 0.6 is 11.6 Å². The fourth-order valence-electron chi connectivity index (χ4n) is 1.35. The molecule has 0 unspecified atom stereocenters. The van der Waals surface area contributed by atoms with Crippen molar-refractivity contribution >= 4 is 29.1 Å². The quantitative estimate of drug-likeness (QED) is 0.797. The summed E-state index contributed by atoms with van der Waals surface area (Å²) in [5, 5.41) is 13.9. The fraction of sp³-hybridized carbons (Fsp3) is 0.300. The molecular weight excluding hydrogens is 274 g/mol. The van der Waals surface area contributed by atoms with Gasteiger partial charge in [-0.1, -0.05) is 11.6 Å². The number of carbonyl (C=O) groups is 2. The number of nitrogens with one attached hydrogen (secondary N) is 1. The number of halogens is 1. The van der Waals surface area contributed by atoms with Crippen LogP contribution in [0.2, 0.25) is 5.15 Å². The first kappa shape index (κ1) is 13.2. The summed E-state index contributed by atoms with van der Waals surface area (Å²) in [5.41, 5.74) is 0.380. The van der Waals surface area contributed by atoms with E-state index in [4.69, 9.17) is 11.6 Å². The summed E-state index contributed by atoms with van der Waals surface area (Å²) in [5.74, 6) is -1.17. The van der Waals surface area contributed by atoms with Crippen molar-refractivity contribution in [3.8, 4) is 0 Å². The molecular formula is C10H10ClN5O3. The molecule has 0 aliphatic carbocycles. The lowest BCUT2D eigenvalue weighted by atomic mass is 10.5. The number of rotatable bonds is 4. The number of carbonyl (C=O) groups excluding carboxylic acids is 2. The summed E-state index contributed by atoms with van der Waals surface area (Å²) in [6, 6.07) is 3.11. The molecule has 0 aliphatic heterocycles. The number of aromatic nitrogens is 4. The van der Waals surface area contributed by atoms with Crippen LogP contribution in [0.25, 0.3) is 5.65 Å². The largest absolute Gasteiger partial charge is 0.465 e. The summed E-state index contributed by atoms with van der Waals surface area (Å²) in [6.45, 7) is 1.68. The highest BCUT2D eigenvalue weighted by atomic mass is 35.5. The molecule has 2 aromatic rings. The molecule has 8 nitrogen and oxygen atoms in total. The normalized spacial score (nSPS) is 10.4. The third-order valence-electron chi connectivity index (χ3n) is 2.13. The van der Waals surface area contributed by atoms with Crippen LogP contribution in [-0.4, -0.2) is 44.8 Å². The van der Waals surface area contributed by atoms with Gasteiger partial charge in [0, 0.05) is 0 Å². The molecule has 0 radical (unpaired) electrons. The highest BCUT2D eigenvalue weighted by molar-refractivity contribution is 6.29. The van der Waals surface area contributed by atoms with Gasteiger partial charge in [0.2, 0.25) is 5.82 Å². The average molecular weight is 284 g/mol. The van der Waals surface area contributed by atoms with Crippen LogP contribution in [-0.2, 0) is 9.53 Å². The molecule has 9 heteroatoms. The summed E-state index contributed by atoms with van der Waals surface area (Å²) >= 11 is 5.73. The second-order valence-electron chi connectivity index (χ2n) is 3.44. The summed E-state index contributed by atoms with van der Waals surface area (Å²) in [4.78, 5) is 22.9. The zero-order valence-corrected chi connectivity index (χ0v) is 10.7. The Labute approximate surface area is 112 Å². The molecule has 100 valence electrons. The second kappa shape index (κ2) is 5.61. The second-order valence-corrected chi connectivity index (χ2v) is 3.82. The van der Waals surface area contributed by atoms with Crippen LogP contribution in [0.5, 0.6) is 0 Å². The van der Waals surface area contributed by atoms with Gasteiger partial charge in [0.05, 0.1) is 6.61 Å². The van der Waals surface area contributed by atoms with E-state index in [2.05, 4.69) is 25.3 Å². The first-order valence-electron chi connectivity index (χ1n) is 5.43. The Morgan fingerprint density at radius 3 is 2.95 bits per heavy atom. The van der Waals surface area contributed by atoms with Crippen molar-refractivity contribution in [1.29, 1.82) is 0 Å². The molecule has 0 saturated heterocycles. The SMILES string of the molecule is CCOC(=O)CNC(=O)c1nnc2ccc(Cl)nn12. The number of ether oxygens (including phenoxy) is 1. The Hall–Kier alpha value is -2.22. The third-order valence-corrected chi connectivity index (χ3v) is 2.33. The average Bonchev–Trinajstić information content (AvgIpc) is 2.79. The van der Waals surface area contributed by atoms with Crippen LogP contribution in [0.15, 0.2) is 12.1 Å². The van der Waals surface area contributed by atoms with Crippen LogP contribution in [0.4, 0.5) is 0 Å². The van der Waals surface area contributed by atoms with Crippen molar-refractivity contribution in [2.24, 2.45) is 0 Å². The molecule has 2 rings (SSSR count). The zero-order valence-electron chi connectivity index (χ0n) is 9.96. The minimum Gasteiger partial charge on any atom is -0.465 e. The van der Waals surface area contributed by atoms with Crippen molar-refractivity contribution in [3.05, 3.63) is 23.1 Å². The van der Waals surface area contributed by atoms with Gasteiger partial charge in [-0.3, -0.25) is 9.59 Å². The maximum absolute atomic E-state index is 11.8. The van der Waals surface area contributed by atoms with Crippen molar-refractivity contribution < 1.29 is 14.3 Å². The van der Waals surface area contributed by atoms with Crippen molar-refractivity contribution in [3.63, 3.8) is 0 Å². The number of hydrogen-bond donors (Lipinski definition) is 1. The molecule has 0 saturated carbocycles. The number of hydrogen-bond acceptors (Lipinski definition) is 6. The molecule has 0 bridgehead atoms. The van der Waals surface area contributed by atoms with E-state index in [1.807, 2.05) is 0 Å². The molecule has 2 heterocycles. The minimum atomic E-state index is -0.588. The van der Waals surface area contributed by atoms with Crippen molar-refractivity contribution in [2.45, 2.75) is 6.92 Å². The predicted molar refractivity (Wildman–Crippen MR) is 64.8 cm³/mol. The predicted octanol–water partition coefficient (Wildman–Crippen LogP) is 0.0706. The lowest BCUT2D eigenvalue weighted by molar-refractivity contribution is -0.141. The molecule has 0 aromatic carbocycles. The smallest absolute Gasteiger partial charge is 0.325 e. The van der Waals surface area contributed by atoms with Crippen molar-refractivity contribution in [1.82, 2.24) is 25.1 Å². The maximum atomic E-state index is 11.8. The van der Waals surface area contributed by atoms with E-state index in [0.717, 1.165) is 0 Å². The lowest BCUT2D eigenvalue weighted by Gasteiger charge is -2.03. The highest BCUT2D eigenvalue weighted by Crippen LogP contribution is 2.07. The van der Waals surface area contributed by atoms with Gasteiger partial charge >= 0.3 is 5.97 Å². The van der Waals surface area contributed by atoms with E-state index in [1.165, 1.54) is 10.6 Å². The van der Waals surface area contributed by atoms with Gasteiger partial charge in [0.1, 0.15) is 11.7 Å². The number of esters is 1. The van der Waals surface area contributed by atoms with Crippen LogP contribution in [0.3, 0.4) is 0 Å². The first-order chi connectivity index (χ1) is 9.11. The van der Waals surface area contributed by atoms with E-state index in [9.17, 15) is 9.59 Å². The Bertz CT molecular complexity index is 627. The lowest BCUT2D eigenvalue weighted by Crippen LogP contribution is -2.32. The Morgan fingerprint density at radius 2 is 2.21 bits per heavy atom. The molecule has 0 aliphatic rings. The molecule has 1 N–H and O–H groups in total. The highest BCUT2D eigenvalue weighted by Gasteiger charge is 2.16. The Balaban J connectivity index is 2.13. The monoisotopic (exact) mass is 283 g/mol. The minimum absolute atomic E-state index is 0.0539. The number of fused-ring (bicyclic) bond motifs is 1. The van der Waals surface area contributed by atoms with Gasteiger partial charge in [-0.25, -0.2) is 0 Å². The van der Waals surface area contributed by atoms with Gasteiger partial charge in [0.25, 0.3) is 5.91 Å². The topological polar surface area (TPSA) is 98.5 Å². The summed E-state index contributed by atoms with van der Waals surface area (Å²) in [6.07, 6.45) is 0. The molecule has 0 fully saturated rings. The number of amides is 1. The van der Waals surface area contributed by atoms with Crippen LogP contribution in [0.1, 0.15) is 17.5 Å². The van der Waals surface area contributed by atoms with Crippen LogP contribution < -0.4 is 5.32 Å². The van der Waals surface area contributed by atoms with Gasteiger partial charge < -0.3 is 10.1 Å². The van der Waals surface area contributed by atoms with E-state index in [0.29, 0.717) is 5.65 Å². The molecule has 0 atom stereocenters. The Kier molecular flexibility index (Phi) is 3.91. The standard InChI is InChI=1S/C10H10ClN5O3/c1-2-19-8(17)5-12-10(18)9-14-13-7-4-3-6(11)15-16(7)9/h3-4H,2,5H2,1H3,(H,12,18). The van der Waals surface area contributed by atoms with Gasteiger partial charge in [-0.2, -0.15) is 9.61 Å². The van der Waals surface area contributed by atoms with E-state index >= 15 is 0 Å². The molecule has 2 aromatic heterocycles. The summed E-state index contributed by atoms with van der Waals surface area (Å²) < 4.78 is 5.88. The van der Waals surface area contributed by atoms with Crippen LogP contribution in [0, 0.1) is 0 Å². The molecule has 0 spiro atoms. The van der Waals surface area contributed by atoms with E-state index in [1.54, 1.807) is 13.0 Å². The van der Waals surface area contributed by atoms with Crippen molar-refractivity contribution in [2.75, 3.05) is 13.2 Å². The van der Waals surface area contributed by atoms with Gasteiger partial charge in [0.15, 0.2) is 5.65 Å². The maximum Gasteiger partial charge on any atom is 0.325 e. The summed E-state index contributed by atoms with van der Waals surface area (Å²) in [7, 11) is 0. The van der Waals surface area contributed by atoms with Gasteiger partial charge in [-0.05, 0) is 19.1 Å². The molecule has 1 amide bonds. The zero-order chi connectivity index (χ0) is 13.8. The van der Waals surface area contributed by atoms with E-state index < -0.39 is 11.9 Å². The first-order valence-corrected chi connectivity index (χ1v) is 5.81. The molecule has 19 heavy (non-hydrogen) atoms. The third kappa shape index (κ3) is 2.97. The number of nitrogens with zero attached hydrogens (tertiary/aromatic N) is 4. The Morgan fingerprint density at radius 1 is 1.42 bits per heavy atom. The van der Waals surface area contributed by atoms with Gasteiger partial charge in [-0.15, -0.1) is 10.2 Å². The fourth-order valence-corrected chi connectivity index (χ4v) is 1.49. The van der Waals surface area contributed by atoms with E-state index in [-0.39, 0.29) is 24.1 Å².